The fraction of sp³-hybridized carbons (Fsp3) is 0.500. The summed E-state index contributed by atoms with van der Waals surface area (Å²) in [7, 11) is 0. The quantitative estimate of drug-likeness (QED) is 0.619. The van der Waals surface area contributed by atoms with Crippen LogP contribution in [-0.2, 0) is 6.54 Å². The lowest BCUT2D eigenvalue weighted by Crippen LogP contribution is -2.42. The number of carbonyl (C=O) groups excluding carboxylic acids is 1. The molecule has 1 amide bonds. The van der Waals surface area contributed by atoms with Crippen molar-refractivity contribution in [3.8, 4) is 5.75 Å². The number of ether oxygens (including phenoxy) is 1. The Morgan fingerprint density at radius 1 is 1.23 bits per heavy atom. The molecule has 0 saturated heterocycles. The normalized spacial score (nSPS) is 11.0. The van der Waals surface area contributed by atoms with Crippen molar-refractivity contribution in [2.45, 2.75) is 53.5 Å². The predicted molar refractivity (Wildman–Crippen MR) is 119 cm³/mol. The van der Waals surface area contributed by atoms with E-state index < -0.39 is 17.2 Å². The van der Waals surface area contributed by atoms with E-state index in [1.807, 2.05) is 27.7 Å². The van der Waals surface area contributed by atoms with Crippen molar-refractivity contribution in [1.29, 1.82) is 0 Å². The van der Waals surface area contributed by atoms with E-state index in [9.17, 15) is 14.4 Å². The monoisotopic (exact) mass is 416 g/mol. The van der Waals surface area contributed by atoms with Crippen LogP contribution in [0, 0.1) is 5.92 Å². The maximum absolute atomic E-state index is 13.5. The smallest absolute Gasteiger partial charge is 0.330 e. The molecule has 8 heteroatoms. The summed E-state index contributed by atoms with van der Waals surface area (Å²) in [4.78, 5) is 42.2. The second kappa shape index (κ2) is 10.7. The molecule has 0 aliphatic carbocycles. The number of carbonyl (C=O) groups is 1. The minimum Gasteiger partial charge on any atom is -0.493 e. The number of amides is 1. The van der Waals surface area contributed by atoms with Crippen LogP contribution in [0.2, 0.25) is 0 Å². The van der Waals surface area contributed by atoms with Crippen molar-refractivity contribution in [3.05, 3.63) is 50.7 Å². The maximum atomic E-state index is 13.5. The molecule has 1 aromatic carbocycles. The average molecular weight is 417 g/mol. The first kappa shape index (κ1) is 23.3. The predicted octanol–water partition coefficient (Wildman–Crippen LogP) is 3.01. The molecule has 1 heterocycles. The van der Waals surface area contributed by atoms with E-state index in [0.29, 0.717) is 36.8 Å². The van der Waals surface area contributed by atoms with Gasteiger partial charge in [-0.3, -0.25) is 19.1 Å². The number of aromatic amines is 1. The molecule has 0 unspecified atom stereocenters. The lowest BCUT2D eigenvalue weighted by molar-refractivity contribution is 0.0981. The number of nitrogens with two attached hydrogens (primary N) is 1. The third-order valence-corrected chi connectivity index (χ3v) is 4.81. The van der Waals surface area contributed by atoms with Crippen LogP contribution in [-0.4, -0.2) is 28.6 Å². The van der Waals surface area contributed by atoms with Gasteiger partial charge in [-0.15, -0.1) is 0 Å². The Kier molecular flexibility index (Phi) is 8.26. The minimum atomic E-state index is -0.670. The topological polar surface area (TPSA) is 110 Å². The van der Waals surface area contributed by atoms with Crippen LogP contribution in [0.3, 0.4) is 0 Å². The van der Waals surface area contributed by atoms with Gasteiger partial charge in [-0.25, -0.2) is 4.79 Å². The molecule has 0 saturated carbocycles. The molecule has 0 atom stereocenters. The molecule has 0 radical (unpaired) electrons. The fourth-order valence-electron chi connectivity index (χ4n) is 3.15. The summed E-state index contributed by atoms with van der Waals surface area (Å²) >= 11 is 0. The van der Waals surface area contributed by atoms with Crippen molar-refractivity contribution >= 4 is 17.4 Å². The Bertz CT molecular complexity index is 978. The Morgan fingerprint density at radius 2 is 1.93 bits per heavy atom. The zero-order valence-electron chi connectivity index (χ0n) is 18.2. The molecular weight excluding hydrogens is 384 g/mol. The molecular formula is C22H32N4O4. The lowest BCUT2D eigenvalue weighted by atomic mass is 10.1. The number of nitrogens with zero attached hydrogens (tertiary/aromatic N) is 2. The van der Waals surface area contributed by atoms with Gasteiger partial charge in [0.25, 0.3) is 11.5 Å². The first-order valence-corrected chi connectivity index (χ1v) is 10.5. The van der Waals surface area contributed by atoms with E-state index in [0.717, 1.165) is 12.8 Å². The number of para-hydroxylation sites is 1. The molecule has 2 aromatic rings. The summed E-state index contributed by atoms with van der Waals surface area (Å²) in [5.74, 6) is 0.350. The van der Waals surface area contributed by atoms with E-state index >= 15 is 0 Å². The molecule has 2 rings (SSSR count). The zero-order chi connectivity index (χ0) is 22.3. The molecule has 30 heavy (non-hydrogen) atoms. The van der Waals surface area contributed by atoms with Crippen molar-refractivity contribution in [3.63, 3.8) is 0 Å². The maximum Gasteiger partial charge on any atom is 0.330 e. The van der Waals surface area contributed by atoms with Gasteiger partial charge >= 0.3 is 5.69 Å². The highest BCUT2D eigenvalue weighted by atomic mass is 16.5. The first-order chi connectivity index (χ1) is 14.3. The number of nitrogens with one attached hydrogen (secondary N) is 1. The summed E-state index contributed by atoms with van der Waals surface area (Å²) in [5, 5.41) is 0. The van der Waals surface area contributed by atoms with Crippen molar-refractivity contribution < 1.29 is 9.53 Å². The number of nitrogen functional groups attached to an aromatic ring is 1. The lowest BCUT2D eigenvalue weighted by Gasteiger charge is -2.26. The Hall–Kier alpha value is -3.03. The van der Waals surface area contributed by atoms with Crippen LogP contribution in [0.25, 0.3) is 0 Å². The molecule has 164 valence electrons. The summed E-state index contributed by atoms with van der Waals surface area (Å²) in [6.07, 6.45) is 2.25. The van der Waals surface area contributed by atoms with E-state index in [2.05, 4.69) is 4.98 Å². The largest absolute Gasteiger partial charge is 0.493 e. The highest BCUT2D eigenvalue weighted by Crippen LogP contribution is 2.25. The fourth-order valence-corrected chi connectivity index (χ4v) is 3.15. The summed E-state index contributed by atoms with van der Waals surface area (Å²) in [6, 6.07) is 6.90. The molecule has 0 aliphatic rings. The Morgan fingerprint density at radius 3 is 2.57 bits per heavy atom. The van der Waals surface area contributed by atoms with Gasteiger partial charge in [0.05, 0.1) is 12.2 Å². The summed E-state index contributed by atoms with van der Waals surface area (Å²) < 4.78 is 6.93. The second-order valence-electron chi connectivity index (χ2n) is 7.57. The SMILES string of the molecule is CCCCn1c(N)c(N(CCC(C)C)C(=O)c2ccccc2OCC)c(=O)[nH]c1=O. The number of hydrogen-bond acceptors (Lipinski definition) is 5. The number of benzene rings is 1. The number of unbranched alkanes of at least 4 members (excludes halogenated alkanes) is 1. The van der Waals surface area contributed by atoms with E-state index in [1.54, 1.807) is 24.3 Å². The van der Waals surface area contributed by atoms with E-state index in [-0.39, 0.29) is 18.1 Å². The molecule has 3 N–H and O–H groups in total. The Labute approximate surface area is 176 Å². The molecule has 0 aliphatic heterocycles. The average Bonchev–Trinajstić information content (AvgIpc) is 2.70. The van der Waals surface area contributed by atoms with Crippen LogP contribution in [0.4, 0.5) is 11.5 Å². The van der Waals surface area contributed by atoms with Gasteiger partial charge in [-0.2, -0.15) is 0 Å². The molecule has 0 spiro atoms. The highest BCUT2D eigenvalue weighted by Gasteiger charge is 2.27. The number of rotatable bonds is 10. The standard InChI is InChI=1S/C22H32N4O4/c1-5-7-13-26-19(23)18(20(27)24-22(26)29)25(14-12-15(3)4)21(28)16-10-8-9-11-17(16)30-6-2/h8-11,15H,5-7,12-14,23H2,1-4H3,(H,24,27,29). The summed E-state index contributed by atoms with van der Waals surface area (Å²) in [6.45, 7) is 8.96. The molecule has 1 aromatic heterocycles. The number of anilines is 2. The number of hydrogen-bond donors (Lipinski definition) is 2. The molecule has 8 nitrogen and oxygen atoms in total. The van der Waals surface area contributed by atoms with Crippen molar-refractivity contribution in [2.75, 3.05) is 23.8 Å². The second-order valence-corrected chi connectivity index (χ2v) is 7.57. The van der Waals surface area contributed by atoms with Gasteiger partial charge in [0.2, 0.25) is 0 Å². The summed E-state index contributed by atoms with van der Waals surface area (Å²) in [5.41, 5.74) is 5.37. The number of H-pyrrole nitrogens is 1. The van der Waals surface area contributed by atoms with Gasteiger partial charge < -0.3 is 15.4 Å². The van der Waals surface area contributed by atoms with Gasteiger partial charge in [0.1, 0.15) is 11.6 Å². The van der Waals surface area contributed by atoms with E-state index in [1.165, 1.54) is 9.47 Å². The van der Waals surface area contributed by atoms with Crippen LogP contribution in [0.15, 0.2) is 33.9 Å². The minimum absolute atomic E-state index is 0.00246. The molecule has 0 bridgehead atoms. The van der Waals surface area contributed by atoms with Gasteiger partial charge in [-0.1, -0.05) is 39.3 Å². The van der Waals surface area contributed by atoms with Crippen LogP contribution >= 0.6 is 0 Å². The van der Waals surface area contributed by atoms with Crippen LogP contribution < -0.4 is 26.6 Å². The third kappa shape index (κ3) is 5.31. The molecule has 0 fully saturated rings. The number of aromatic nitrogens is 2. The van der Waals surface area contributed by atoms with Crippen molar-refractivity contribution in [2.24, 2.45) is 5.92 Å². The van der Waals surface area contributed by atoms with Gasteiger partial charge in [-0.05, 0) is 37.8 Å². The van der Waals surface area contributed by atoms with E-state index in [4.69, 9.17) is 10.5 Å². The first-order valence-electron chi connectivity index (χ1n) is 10.5. The highest BCUT2D eigenvalue weighted by molar-refractivity contribution is 6.08. The third-order valence-electron chi connectivity index (χ3n) is 4.81. The van der Waals surface area contributed by atoms with Crippen LogP contribution in [0.1, 0.15) is 57.3 Å². The zero-order valence-corrected chi connectivity index (χ0v) is 18.2. The van der Waals surface area contributed by atoms with Gasteiger partial charge in [0.15, 0.2) is 5.69 Å². The van der Waals surface area contributed by atoms with Crippen LogP contribution in [0.5, 0.6) is 5.75 Å². The van der Waals surface area contributed by atoms with Crippen molar-refractivity contribution in [1.82, 2.24) is 9.55 Å². The van der Waals surface area contributed by atoms with Gasteiger partial charge in [0, 0.05) is 13.1 Å². The Balaban J connectivity index is 2.62.